The Balaban J connectivity index is 1.38. The second-order valence-electron chi connectivity index (χ2n) is 8.63. The van der Waals surface area contributed by atoms with Crippen LogP contribution in [-0.2, 0) is 4.74 Å². The van der Waals surface area contributed by atoms with Crippen molar-refractivity contribution in [1.29, 1.82) is 0 Å². The molecule has 1 amide bonds. The summed E-state index contributed by atoms with van der Waals surface area (Å²) in [7, 11) is 0. The lowest BCUT2D eigenvalue weighted by atomic mass is 10.0. The molecule has 3 aliphatic rings. The second-order valence-corrected chi connectivity index (χ2v) is 8.63. The molecular weight excluding hydrogens is 370 g/mol. The second kappa shape index (κ2) is 7.24. The van der Waals surface area contributed by atoms with Crippen LogP contribution in [-0.4, -0.2) is 39.0 Å². The molecule has 2 aromatic rings. The first kappa shape index (κ1) is 18.3. The zero-order chi connectivity index (χ0) is 19.8. The van der Waals surface area contributed by atoms with E-state index in [1.54, 1.807) is 6.20 Å². The molecule has 2 aliphatic carbocycles. The van der Waals surface area contributed by atoms with Gasteiger partial charge in [-0.1, -0.05) is 0 Å². The molecule has 0 saturated heterocycles. The van der Waals surface area contributed by atoms with Gasteiger partial charge >= 0.3 is 6.09 Å². The lowest BCUT2D eigenvalue weighted by Crippen LogP contribution is -2.39. The third-order valence-electron chi connectivity index (χ3n) is 6.28. The molecule has 3 heterocycles. The maximum Gasteiger partial charge on any atom is 0.407 e. The number of nitrogens with one attached hydrogen (secondary N) is 3. The Morgan fingerprint density at radius 2 is 2.03 bits per heavy atom. The van der Waals surface area contributed by atoms with Crippen LogP contribution < -0.4 is 15.4 Å². The van der Waals surface area contributed by atoms with E-state index >= 15 is 0 Å². The topological polar surface area (TPSA) is 101 Å². The first-order valence-electron chi connectivity index (χ1n) is 10.5. The summed E-state index contributed by atoms with van der Waals surface area (Å²) in [6.45, 7) is 2.03. The number of carbonyl (C=O) groups is 1. The van der Waals surface area contributed by atoms with Gasteiger partial charge in [0.05, 0.1) is 6.10 Å². The van der Waals surface area contributed by atoms with E-state index in [1.165, 1.54) is 0 Å². The lowest BCUT2D eigenvalue weighted by Gasteiger charge is -2.21. The Labute approximate surface area is 169 Å². The fourth-order valence-corrected chi connectivity index (χ4v) is 4.37. The highest BCUT2D eigenvalue weighted by atomic mass is 16.6. The normalized spacial score (nSPS) is 28.3. The van der Waals surface area contributed by atoms with Gasteiger partial charge in [0, 0.05) is 41.2 Å². The first-order chi connectivity index (χ1) is 14.1. The predicted octanol–water partition coefficient (Wildman–Crippen LogP) is 4.00. The van der Waals surface area contributed by atoms with Crippen LogP contribution in [0.25, 0.3) is 0 Å². The number of rotatable bonds is 0. The summed E-state index contributed by atoms with van der Waals surface area (Å²) in [5.74, 6) is 1.65. The fourth-order valence-electron chi connectivity index (χ4n) is 4.37. The van der Waals surface area contributed by atoms with E-state index in [1.807, 2.05) is 25.1 Å². The van der Waals surface area contributed by atoms with Gasteiger partial charge < -0.3 is 20.1 Å². The molecular formula is C21H27N5O3. The Kier molecular flexibility index (Phi) is 4.56. The maximum atomic E-state index is 12.4. The SMILES string of the molecule is C[C@H]1CCC2(CC2)NC(=O)O[C@@H]2CC[C@@H](C2)c2cc(n[nH]2)Nc2ccnc(c2)O1. The van der Waals surface area contributed by atoms with Crippen molar-refractivity contribution in [3.63, 3.8) is 0 Å². The maximum absolute atomic E-state index is 12.4. The lowest BCUT2D eigenvalue weighted by molar-refractivity contribution is 0.0943. The summed E-state index contributed by atoms with van der Waals surface area (Å²) in [5, 5.41) is 13.9. The number of nitrogens with zero attached hydrogens (tertiary/aromatic N) is 2. The van der Waals surface area contributed by atoms with Crippen LogP contribution >= 0.6 is 0 Å². The van der Waals surface area contributed by atoms with E-state index in [2.05, 4.69) is 25.8 Å². The number of anilines is 2. The number of hydrogen-bond donors (Lipinski definition) is 3. The van der Waals surface area contributed by atoms with Crippen molar-refractivity contribution in [2.24, 2.45) is 0 Å². The van der Waals surface area contributed by atoms with Crippen molar-refractivity contribution >= 4 is 17.6 Å². The van der Waals surface area contributed by atoms with Gasteiger partial charge in [-0.3, -0.25) is 5.10 Å². The first-order valence-corrected chi connectivity index (χ1v) is 10.5. The number of aromatic amines is 1. The van der Waals surface area contributed by atoms with Crippen molar-refractivity contribution in [3.05, 3.63) is 30.1 Å². The summed E-state index contributed by atoms with van der Waals surface area (Å²) in [6, 6.07) is 5.82. The predicted molar refractivity (Wildman–Crippen MR) is 107 cm³/mol. The number of ether oxygens (including phenoxy) is 2. The Morgan fingerprint density at radius 1 is 1.14 bits per heavy atom. The largest absolute Gasteiger partial charge is 0.475 e. The summed E-state index contributed by atoms with van der Waals surface area (Å²) in [5.41, 5.74) is 1.82. The zero-order valence-corrected chi connectivity index (χ0v) is 16.6. The molecule has 29 heavy (non-hydrogen) atoms. The molecule has 1 spiro atoms. The van der Waals surface area contributed by atoms with Gasteiger partial charge in [0.15, 0.2) is 5.82 Å². The number of amides is 1. The van der Waals surface area contributed by atoms with E-state index in [4.69, 9.17) is 9.47 Å². The van der Waals surface area contributed by atoms with Crippen LogP contribution in [0.1, 0.15) is 63.5 Å². The monoisotopic (exact) mass is 397 g/mol. The minimum atomic E-state index is -0.288. The molecule has 8 nitrogen and oxygen atoms in total. The fraction of sp³-hybridized carbons (Fsp3) is 0.571. The van der Waals surface area contributed by atoms with Crippen molar-refractivity contribution in [2.75, 3.05) is 5.32 Å². The van der Waals surface area contributed by atoms with Crippen LogP contribution in [0.4, 0.5) is 16.3 Å². The summed E-state index contributed by atoms with van der Waals surface area (Å²) < 4.78 is 11.7. The molecule has 2 aromatic heterocycles. The minimum Gasteiger partial charge on any atom is -0.475 e. The minimum absolute atomic E-state index is 0.000458. The third-order valence-corrected chi connectivity index (χ3v) is 6.28. The molecule has 3 N–H and O–H groups in total. The van der Waals surface area contributed by atoms with Crippen LogP contribution in [0.3, 0.4) is 0 Å². The van der Waals surface area contributed by atoms with E-state index < -0.39 is 0 Å². The molecule has 2 saturated carbocycles. The van der Waals surface area contributed by atoms with Gasteiger partial charge in [0.2, 0.25) is 5.88 Å². The molecule has 2 fully saturated rings. The van der Waals surface area contributed by atoms with Gasteiger partial charge in [0.25, 0.3) is 0 Å². The number of alkyl carbamates (subject to hydrolysis) is 1. The van der Waals surface area contributed by atoms with Crippen molar-refractivity contribution < 1.29 is 14.3 Å². The van der Waals surface area contributed by atoms with E-state index in [-0.39, 0.29) is 23.8 Å². The Hall–Kier alpha value is -2.77. The summed E-state index contributed by atoms with van der Waals surface area (Å²) in [6.07, 6.45) is 7.80. The van der Waals surface area contributed by atoms with Crippen molar-refractivity contribution in [3.8, 4) is 5.88 Å². The highest BCUT2D eigenvalue weighted by Crippen LogP contribution is 2.41. The van der Waals surface area contributed by atoms with Gasteiger partial charge in [-0.2, -0.15) is 5.10 Å². The quantitative estimate of drug-likeness (QED) is 0.621. The highest BCUT2D eigenvalue weighted by molar-refractivity contribution is 5.69. The molecule has 1 aliphatic heterocycles. The van der Waals surface area contributed by atoms with Gasteiger partial charge in [0.1, 0.15) is 6.10 Å². The average molecular weight is 397 g/mol. The third kappa shape index (κ3) is 4.16. The van der Waals surface area contributed by atoms with Crippen LogP contribution in [0, 0.1) is 0 Å². The molecule has 154 valence electrons. The highest BCUT2D eigenvalue weighted by Gasteiger charge is 2.44. The number of aromatic nitrogens is 3. The van der Waals surface area contributed by atoms with Crippen LogP contribution in [0.2, 0.25) is 0 Å². The number of pyridine rings is 1. The average Bonchev–Trinajstić information content (AvgIpc) is 3.07. The molecule has 0 unspecified atom stereocenters. The van der Waals surface area contributed by atoms with E-state index in [9.17, 15) is 4.79 Å². The number of H-pyrrole nitrogens is 1. The van der Waals surface area contributed by atoms with E-state index in [0.29, 0.717) is 11.8 Å². The van der Waals surface area contributed by atoms with E-state index in [0.717, 1.165) is 62.1 Å². The summed E-state index contributed by atoms with van der Waals surface area (Å²) in [4.78, 5) is 16.8. The standard InChI is InChI=1S/C21H27N5O3/c1-13-4-6-21(7-8-21)24-20(27)29-16-3-2-14(10-16)17-12-18(26-25-17)23-15-5-9-22-19(11-15)28-13/h5,9,11-14,16H,2-4,6-8,10H2,1H3,(H,24,27)(H2,23,25,26)/t13-,14-,16+/m0/s1. The molecule has 0 radical (unpaired) electrons. The van der Waals surface area contributed by atoms with Gasteiger partial charge in [-0.15, -0.1) is 0 Å². The van der Waals surface area contributed by atoms with Crippen LogP contribution in [0.15, 0.2) is 24.4 Å². The Bertz CT molecular complexity index is 894. The molecule has 6 bridgehead atoms. The molecule has 8 heteroatoms. The van der Waals surface area contributed by atoms with Crippen LogP contribution in [0.5, 0.6) is 5.88 Å². The molecule has 0 aromatic carbocycles. The zero-order valence-electron chi connectivity index (χ0n) is 16.6. The Morgan fingerprint density at radius 3 is 2.90 bits per heavy atom. The van der Waals surface area contributed by atoms with Crippen molar-refractivity contribution in [2.45, 2.75) is 75.5 Å². The molecule has 5 rings (SSSR count). The van der Waals surface area contributed by atoms with Crippen molar-refractivity contribution in [1.82, 2.24) is 20.5 Å². The number of hydrogen-bond acceptors (Lipinski definition) is 6. The number of fused-ring (bicyclic) bond motifs is 7. The molecule has 3 atom stereocenters. The smallest absolute Gasteiger partial charge is 0.407 e. The number of carbonyl (C=O) groups excluding carboxylic acids is 1. The summed E-state index contributed by atoms with van der Waals surface area (Å²) >= 11 is 0. The van der Waals surface area contributed by atoms with Gasteiger partial charge in [-0.25, -0.2) is 9.78 Å². The van der Waals surface area contributed by atoms with Gasteiger partial charge in [-0.05, 0) is 57.9 Å².